The van der Waals surface area contributed by atoms with Crippen LogP contribution < -0.4 is 26.6 Å². The lowest BCUT2D eigenvalue weighted by atomic mass is 9.49. The average molecular weight is 429 g/mol. The third-order valence-corrected chi connectivity index (χ3v) is 7.10. The number of benzene rings is 1. The first-order valence-corrected chi connectivity index (χ1v) is 10.5. The third kappa shape index (κ3) is 3.53. The minimum Gasteiger partial charge on any atom is -1.00 e. The van der Waals surface area contributed by atoms with E-state index in [1.54, 1.807) is 20.4 Å². The van der Waals surface area contributed by atoms with Gasteiger partial charge in [0, 0.05) is 11.8 Å². The van der Waals surface area contributed by atoms with Gasteiger partial charge in [0.25, 0.3) is 0 Å². The SMILES string of the molecule is COc1ccc(-c2ncccc2OC(=O)C23CC4CC(CC(C4)C2)C3)cc1OC.[Cl-]. The van der Waals surface area contributed by atoms with Crippen LogP contribution in [0.4, 0.5) is 0 Å². The number of hydrogen-bond donors (Lipinski definition) is 0. The van der Waals surface area contributed by atoms with Crippen molar-refractivity contribution in [1.29, 1.82) is 0 Å². The van der Waals surface area contributed by atoms with Gasteiger partial charge in [0.15, 0.2) is 17.2 Å². The second kappa shape index (κ2) is 8.10. The van der Waals surface area contributed by atoms with Crippen molar-refractivity contribution >= 4 is 5.97 Å². The lowest BCUT2D eigenvalue weighted by Crippen LogP contribution is -3.00. The molecular weight excluding hydrogens is 402 g/mol. The van der Waals surface area contributed by atoms with E-state index in [0.29, 0.717) is 40.7 Å². The van der Waals surface area contributed by atoms with E-state index in [9.17, 15) is 4.79 Å². The van der Waals surface area contributed by atoms with E-state index in [1.807, 2.05) is 30.3 Å². The van der Waals surface area contributed by atoms with Gasteiger partial charge in [-0.15, -0.1) is 0 Å². The van der Waals surface area contributed by atoms with Gasteiger partial charge >= 0.3 is 5.97 Å². The van der Waals surface area contributed by atoms with Gasteiger partial charge in [0.05, 0.1) is 19.6 Å². The number of pyridine rings is 1. The smallest absolute Gasteiger partial charge is 0.317 e. The van der Waals surface area contributed by atoms with Gasteiger partial charge in [0.1, 0.15) is 5.69 Å². The van der Waals surface area contributed by atoms with Crippen LogP contribution in [-0.2, 0) is 4.79 Å². The minimum absolute atomic E-state index is 0. The summed E-state index contributed by atoms with van der Waals surface area (Å²) in [6.07, 6.45) is 8.59. The number of ether oxygens (including phenoxy) is 3. The van der Waals surface area contributed by atoms with Crippen LogP contribution in [0.5, 0.6) is 17.2 Å². The summed E-state index contributed by atoms with van der Waals surface area (Å²) in [6, 6.07) is 9.26. The van der Waals surface area contributed by atoms with Gasteiger partial charge in [-0.1, -0.05) is 0 Å². The highest BCUT2D eigenvalue weighted by atomic mass is 35.5. The molecule has 6 rings (SSSR count). The number of halogens is 1. The lowest BCUT2D eigenvalue weighted by Gasteiger charge is -2.55. The molecule has 160 valence electrons. The quantitative estimate of drug-likeness (QED) is 0.681. The van der Waals surface area contributed by atoms with Crippen molar-refractivity contribution < 1.29 is 31.4 Å². The highest BCUT2D eigenvalue weighted by Gasteiger charge is 2.55. The Morgan fingerprint density at radius 1 is 0.933 bits per heavy atom. The molecule has 30 heavy (non-hydrogen) atoms. The zero-order chi connectivity index (χ0) is 20.0. The number of esters is 1. The molecule has 0 N–H and O–H groups in total. The summed E-state index contributed by atoms with van der Waals surface area (Å²) in [5.41, 5.74) is 1.18. The Hall–Kier alpha value is -2.27. The summed E-state index contributed by atoms with van der Waals surface area (Å²) in [4.78, 5) is 17.9. The number of rotatable bonds is 5. The number of hydrogen-bond acceptors (Lipinski definition) is 5. The predicted molar refractivity (Wildman–Crippen MR) is 109 cm³/mol. The second-order valence-corrected chi connectivity index (χ2v) is 9.01. The standard InChI is InChI=1S/C24H27NO4.ClH/c1-27-19-6-5-18(11-21(19)28-2)22-20(4-3-7-25-22)29-23(26)24-12-15-8-16(13-24)10-17(9-15)14-24;/h3-7,11,15-17H,8-10,12-14H2,1-2H3;1H/p-1. The Morgan fingerprint density at radius 3 is 2.17 bits per heavy atom. The Kier molecular flexibility index (Phi) is 5.67. The van der Waals surface area contributed by atoms with Gasteiger partial charge in [-0.3, -0.25) is 9.78 Å². The summed E-state index contributed by atoms with van der Waals surface area (Å²) in [5, 5.41) is 0. The van der Waals surface area contributed by atoms with Crippen molar-refractivity contribution in [2.45, 2.75) is 38.5 Å². The Bertz CT molecular complexity index is 909. The molecule has 4 aliphatic carbocycles. The fourth-order valence-corrected chi connectivity index (χ4v) is 6.24. The topological polar surface area (TPSA) is 57.7 Å². The highest BCUT2D eigenvalue weighted by Crippen LogP contribution is 2.60. The molecule has 4 saturated carbocycles. The molecule has 0 amide bonds. The van der Waals surface area contributed by atoms with Crippen LogP contribution in [0.2, 0.25) is 0 Å². The number of nitrogens with zero attached hydrogens (tertiary/aromatic N) is 1. The van der Waals surface area contributed by atoms with Crippen LogP contribution in [0.25, 0.3) is 11.3 Å². The normalized spacial score (nSPS) is 28.5. The van der Waals surface area contributed by atoms with Gasteiger partial charge in [0.2, 0.25) is 0 Å². The van der Waals surface area contributed by atoms with Crippen molar-refractivity contribution in [3.63, 3.8) is 0 Å². The Morgan fingerprint density at radius 2 is 1.57 bits per heavy atom. The van der Waals surface area contributed by atoms with E-state index in [2.05, 4.69) is 4.98 Å². The summed E-state index contributed by atoms with van der Waals surface area (Å²) in [6.45, 7) is 0. The number of methoxy groups -OCH3 is 2. The molecular formula is C24H27ClNO4-. The third-order valence-electron chi connectivity index (χ3n) is 7.10. The van der Waals surface area contributed by atoms with Crippen LogP contribution in [0.3, 0.4) is 0 Å². The Balaban J connectivity index is 0.00000218. The first-order chi connectivity index (χ1) is 14.1. The van der Waals surface area contributed by atoms with Gasteiger partial charge in [-0.2, -0.15) is 0 Å². The van der Waals surface area contributed by atoms with Gasteiger partial charge in [-0.25, -0.2) is 0 Å². The molecule has 2 aromatic rings. The van der Waals surface area contributed by atoms with Crippen molar-refractivity contribution in [2.75, 3.05) is 14.2 Å². The van der Waals surface area contributed by atoms with Crippen LogP contribution in [-0.4, -0.2) is 25.2 Å². The molecule has 0 aliphatic heterocycles. The second-order valence-electron chi connectivity index (χ2n) is 9.01. The fraction of sp³-hybridized carbons (Fsp3) is 0.500. The fourth-order valence-electron chi connectivity index (χ4n) is 6.24. The zero-order valence-corrected chi connectivity index (χ0v) is 18.2. The molecule has 4 bridgehead atoms. The lowest BCUT2D eigenvalue weighted by molar-refractivity contribution is -0.161. The molecule has 5 nitrogen and oxygen atoms in total. The van der Waals surface area contributed by atoms with E-state index < -0.39 is 0 Å². The monoisotopic (exact) mass is 428 g/mol. The average Bonchev–Trinajstić information content (AvgIpc) is 2.72. The van der Waals surface area contributed by atoms with E-state index in [-0.39, 0.29) is 23.8 Å². The molecule has 1 heterocycles. The van der Waals surface area contributed by atoms with E-state index in [0.717, 1.165) is 24.8 Å². The van der Waals surface area contributed by atoms with Crippen molar-refractivity contribution in [1.82, 2.24) is 4.98 Å². The zero-order valence-electron chi connectivity index (χ0n) is 17.4. The molecule has 1 aromatic heterocycles. The largest absolute Gasteiger partial charge is 1.00 e. The molecule has 4 fully saturated rings. The molecule has 0 spiro atoms. The van der Waals surface area contributed by atoms with Crippen molar-refractivity contribution in [2.24, 2.45) is 23.2 Å². The number of aromatic nitrogens is 1. The predicted octanol–water partition coefficient (Wildman–Crippen LogP) is 1.89. The van der Waals surface area contributed by atoms with E-state index in [4.69, 9.17) is 14.2 Å². The minimum atomic E-state index is -0.292. The molecule has 6 heteroatoms. The maximum atomic E-state index is 13.4. The molecule has 0 atom stereocenters. The molecule has 0 saturated heterocycles. The van der Waals surface area contributed by atoms with Gasteiger partial charge < -0.3 is 26.6 Å². The van der Waals surface area contributed by atoms with Crippen molar-refractivity contribution in [3.05, 3.63) is 36.5 Å². The highest BCUT2D eigenvalue weighted by molar-refractivity contribution is 5.82. The molecule has 0 unspecified atom stereocenters. The summed E-state index contributed by atoms with van der Waals surface area (Å²) in [7, 11) is 3.21. The summed E-state index contributed by atoms with van der Waals surface area (Å²) >= 11 is 0. The Labute approximate surface area is 183 Å². The van der Waals surface area contributed by atoms with Crippen LogP contribution in [0.1, 0.15) is 38.5 Å². The van der Waals surface area contributed by atoms with E-state index in [1.165, 1.54) is 19.3 Å². The van der Waals surface area contributed by atoms with E-state index >= 15 is 0 Å². The maximum absolute atomic E-state index is 13.4. The first-order valence-electron chi connectivity index (χ1n) is 10.5. The molecule has 0 radical (unpaired) electrons. The maximum Gasteiger partial charge on any atom is 0.317 e. The van der Waals surface area contributed by atoms with Gasteiger partial charge in [-0.05, 0) is 86.6 Å². The van der Waals surface area contributed by atoms with Crippen LogP contribution in [0.15, 0.2) is 36.5 Å². The first kappa shape index (κ1) is 21.0. The van der Waals surface area contributed by atoms with Crippen LogP contribution >= 0.6 is 0 Å². The van der Waals surface area contributed by atoms with Crippen LogP contribution in [0, 0.1) is 23.2 Å². The summed E-state index contributed by atoms with van der Waals surface area (Å²) in [5.74, 6) is 3.83. The van der Waals surface area contributed by atoms with Crippen molar-refractivity contribution in [3.8, 4) is 28.5 Å². The number of carbonyl (C=O) groups excluding carboxylic acids is 1. The summed E-state index contributed by atoms with van der Waals surface area (Å²) < 4.78 is 16.8. The number of carbonyl (C=O) groups is 1. The molecule has 4 aliphatic rings. The molecule has 1 aromatic carbocycles.